The van der Waals surface area contributed by atoms with E-state index in [9.17, 15) is 18.0 Å². The molecule has 0 saturated carbocycles. The highest BCUT2D eigenvalue weighted by Gasteiger charge is 2.32. The third-order valence-electron chi connectivity index (χ3n) is 6.23. The molecule has 0 unspecified atom stereocenters. The highest BCUT2D eigenvalue weighted by molar-refractivity contribution is 7.04. The van der Waals surface area contributed by atoms with Crippen LogP contribution < -0.4 is 15.5 Å². The number of nitrogens with zero attached hydrogens (tertiary/aromatic N) is 6. The summed E-state index contributed by atoms with van der Waals surface area (Å²) in [5, 5.41) is 7.67. The number of hydrogen-bond acceptors (Lipinski definition) is 9. The number of carbonyl (C=O) groups excluding carboxylic acids is 1. The number of rotatable bonds is 5. The van der Waals surface area contributed by atoms with Gasteiger partial charge in [-0.2, -0.15) is 22.5 Å². The minimum absolute atomic E-state index is 0. The summed E-state index contributed by atoms with van der Waals surface area (Å²) in [4.78, 5) is 32.4. The maximum atomic E-state index is 13.1. The van der Waals surface area contributed by atoms with Gasteiger partial charge in [0, 0.05) is 41.1 Å². The van der Waals surface area contributed by atoms with Crippen molar-refractivity contribution in [3.8, 4) is 0 Å². The number of halogens is 4. The molecule has 2 aliphatic rings. The number of amidine groups is 1. The van der Waals surface area contributed by atoms with E-state index in [1.54, 1.807) is 24.5 Å². The molecule has 1 aromatic carbocycles. The summed E-state index contributed by atoms with van der Waals surface area (Å²) < 4.78 is 43.3. The number of alkyl halides is 3. The van der Waals surface area contributed by atoms with Gasteiger partial charge in [0.1, 0.15) is 17.3 Å². The van der Waals surface area contributed by atoms with Gasteiger partial charge in [0.25, 0.3) is 5.91 Å². The monoisotopic (exact) mass is 584 g/mol. The Morgan fingerprint density at radius 2 is 1.95 bits per heavy atom. The highest BCUT2D eigenvalue weighted by atomic mass is 35.5. The molecule has 2 N–H and O–H groups in total. The van der Waals surface area contributed by atoms with Gasteiger partial charge in [-0.25, -0.2) is 4.98 Å². The normalized spacial score (nSPS) is 13.9. The van der Waals surface area contributed by atoms with Crippen molar-refractivity contribution in [2.75, 3.05) is 28.6 Å². The van der Waals surface area contributed by atoms with Crippen molar-refractivity contribution in [2.45, 2.75) is 13.1 Å². The number of anilines is 4. The average molecular weight is 585 g/mol. The lowest BCUT2D eigenvalue weighted by atomic mass is 9.94. The molecule has 0 saturated heterocycles. The number of nitrogens with one attached hydrogen (secondary N) is 2. The number of aromatic nitrogens is 4. The zero-order valence-corrected chi connectivity index (χ0v) is 22.4. The zero-order valence-electron chi connectivity index (χ0n) is 20.7. The lowest BCUT2D eigenvalue weighted by molar-refractivity contribution is -0.137. The number of fused-ring (bicyclic) bond motifs is 3. The van der Waals surface area contributed by atoms with Gasteiger partial charge in [-0.1, -0.05) is 6.07 Å². The molecule has 14 heteroatoms. The Morgan fingerprint density at radius 1 is 1.10 bits per heavy atom. The predicted molar refractivity (Wildman–Crippen MR) is 151 cm³/mol. The summed E-state index contributed by atoms with van der Waals surface area (Å²) in [6.07, 6.45) is 1.78. The number of aliphatic imine (C=N–C) groups is 1. The first-order valence-electron chi connectivity index (χ1n) is 11.8. The maximum absolute atomic E-state index is 13.1. The van der Waals surface area contributed by atoms with Crippen LogP contribution in [0, 0.1) is 6.92 Å². The number of hydrogen-bond donors (Lipinski definition) is 2. The third-order valence-corrected chi connectivity index (χ3v) is 6.81. The Morgan fingerprint density at radius 3 is 2.73 bits per heavy atom. The van der Waals surface area contributed by atoms with Gasteiger partial charge >= 0.3 is 6.18 Å². The van der Waals surface area contributed by atoms with Gasteiger partial charge in [-0.3, -0.25) is 14.8 Å². The van der Waals surface area contributed by atoms with E-state index in [2.05, 4.69) is 25.0 Å². The van der Waals surface area contributed by atoms with E-state index >= 15 is 0 Å². The van der Waals surface area contributed by atoms with Crippen LogP contribution in [0.25, 0.3) is 11.6 Å². The lowest BCUT2D eigenvalue weighted by Gasteiger charge is -2.28. The van der Waals surface area contributed by atoms with Gasteiger partial charge in [0.05, 0.1) is 24.0 Å². The number of amides is 1. The van der Waals surface area contributed by atoms with E-state index in [0.717, 1.165) is 57.9 Å². The minimum Gasteiger partial charge on any atom is -0.322 e. The number of benzene rings is 1. The SMILES string of the molecule is Cc1ccc(NC(=O)c2cc(C(F)(F)F)ccn2)cc1C1=Cc2cnc(Nc3cnsc3)nc2N2CCN=C12.Cl. The molecule has 1 amide bonds. The first-order valence-corrected chi connectivity index (χ1v) is 12.6. The van der Waals surface area contributed by atoms with Crippen LogP contribution in [0.3, 0.4) is 0 Å². The Kier molecular flexibility index (Phi) is 7.25. The largest absolute Gasteiger partial charge is 0.416 e. The summed E-state index contributed by atoms with van der Waals surface area (Å²) in [5.74, 6) is 1.18. The van der Waals surface area contributed by atoms with Crippen LogP contribution in [0.4, 0.5) is 36.3 Å². The first-order chi connectivity index (χ1) is 18.8. The Hall–Kier alpha value is -4.36. The molecule has 0 fully saturated rings. The van der Waals surface area contributed by atoms with Crippen molar-refractivity contribution in [1.82, 2.24) is 19.3 Å². The third kappa shape index (κ3) is 5.25. The Labute approximate surface area is 236 Å². The van der Waals surface area contributed by atoms with Crippen LogP contribution in [-0.4, -0.2) is 44.2 Å². The second-order valence-electron chi connectivity index (χ2n) is 8.84. The van der Waals surface area contributed by atoms with E-state index < -0.39 is 17.6 Å². The molecule has 3 aromatic heterocycles. The lowest BCUT2D eigenvalue weighted by Crippen LogP contribution is -2.32. The molecule has 40 heavy (non-hydrogen) atoms. The van der Waals surface area contributed by atoms with E-state index in [1.807, 2.05) is 29.3 Å². The topological polar surface area (TPSA) is 108 Å². The van der Waals surface area contributed by atoms with E-state index in [1.165, 1.54) is 11.5 Å². The van der Waals surface area contributed by atoms with Crippen LogP contribution >= 0.6 is 23.9 Å². The predicted octanol–water partition coefficient (Wildman–Crippen LogP) is 5.85. The number of carbonyl (C=O) groups is 1. The van der Waals surface area contributed by atoms with Gasteiger partial charge < -0.3 is 15.5 Å². The standard InChI is InChI=1S/C26H19F3N8OS.ClH/c1-14-2-3-17(34-24(38)21-9-16(4-5-30-21)26(27,28)29)10-19(14)20-8-15-11-32-25(35-18-12-33-39-13-18)36-22(15)37-7-6-31-23(20)37;/h2-5,8-13H,6-7H2,1H3,(H,34,38)(H,32,35,36);1H. The molecule has 0 radical (unpaired) electrons. The van der Waals surface area contributed by atoms with Crippen molar-refractivity contribution in [1.29, 1.82) is 0 Å². The number of pyridine rings is 1. The van der Waals surface area contributed by atoms with Gasteiger partial charge in [-0.15, -0.1) is 12.4 Å². The van der Waals surface area contributed by atoms with Crippen molar-refractivity contribution in [3.05, 3.63) is 82.3 Å². The minimum atomic E-state index is -4.58. The van der Waals surface area contributed by atoms with E-state index in [-0.39, 0.29) is 18.1 Å². The summed E-state index contributed by atoms with van der Waals surface area (Å²) in [7, 11) is 0. The maximum Gasteiger partial charge on any atom is 0.416 e. The fourth-order valence-corrected chi connectivity index (χ4v) is 4.84. The van der Waals surface area contributed by atoms with Crippen molar-refractivity contribution >= 4 is 70.5 Å². The summed E-state index contributed by atoms with van der Waals surface area (Å²) in [6, 6.07) is 6.85. The van der Waals surface area contributed by atoms with Crippen LogP contribution in [0.2, 0.25) is 0 Å². The Balaban J connectivity index is 0.00000323. The average Bonchev–Trinajstić information content (AvgIpc) is 3.62. The van der Waals surface area contributed by atoms with Crippen molar-refractivity contribution in [2.24, 2.45) is 4.99 Å². The van der Waals surface area contributed by atoms with Crippen LogP contribution in [0.1, 0.15) is 32.7 Å². The first kappa shape index (κ1) is 27.2. The van der Waals surface area contributed by atoms with Crippen molar-refractivity contribution < 1.29 is 18.0 Å². The van der Waals surface area contributed by atoms with Crippen molar-refractivity contribution in [3.63, 3.8) is 0 Å². The molecule has 0 spiro atoms. The molecule has 5 heterocycles. The highest BCUT2D eigenvalue weighted by Crippen LogP contribution is 2.37. The summed E-state index contributed by atoms with van der Waals surface area (Å²) in [6.45, 7) is 3.17. The van der Waals surface area contributed by atoms with Crippen LogP contribution in [-0.2, 0) is 6.18 Å². The van der Waals surface area contributed by atoms with Gasteiger partial charge in [0.2, 0.25) is 5.95 Å². The van der Waals surface area contributed by atoms with Gasteiger partial charge in [0.15, 0.2) is 0 Å². The molecule has 6 rings (SSSR count). The quantitative estimate of drug-likeness (QED) is 0.303. The molecule has 0 atom stereocenters. The van der Waals surface area contributed by atoms with E-state index in [0.29, 0.717) is 24.7 Å². The summed E-state index contributed by atoms with van der Waals surface area (Å²) >= 11 is 1.33. The number of aryl methyl sites for hydroxylation is 1. The van der Waals surface area contributed by atoms with E-state index in [4.69, 9.17) is 9.98 Å². The molecule has 204 valence electrons. The molecule has 0 bridgehead atoms. The fraction of sp³-hybridized carbons (Fsp3) is 0.154. The molecular weight excluding hydrogens is 565 g/mol. The molecular formula is C26H20ClF3N8OS. The van der Waals surface area contributed by atoms with Crippen LogP contribution in [0.15, 0.2) is 59.3 Å². The second kappa shape index (κ2) is 10.7. The zero-order chi connectivity index (χ0) is 27.1. The molecule has 9 nitrogen and oxygen atoms in total. The van der Waals surface area contributed by atoms with Crippen LogP contribution in [0.5, 0.6) is 0 Å². The fourth-order valence-electron chi connectivity index (χ4n) is 4.37. The Bertz CT molecular complexity index is 1660. The summed E-state index contributed by atoms with van der Waals surface area (Å²) in [5.41, 5.74) is 3.33. The smallest absolute Gasteiger partial charge is 0.322 e. The molecule has 0 aliphatic carbocycles. The molecule has 4 aromatic rings. The molecule has 2 aliphatic heterocycles. The second-order valence-corrected chi connectivity index (χ2v) is 9.49. The van der Waals surface area contributed by atoms with Gasteiger partial charge in [-0.05, 0) is 59.9 Å².